The maximum Gasteiger partial charge on any atom is 0.251 e. The van der Waals surface area contributed by atoms with Crippen molar-refractivity contribution in [2.75, 3.05) is 44.2 Å². The van der Waals surface area contributed by atoms with E-state index < -0.39 is 6.04 Å². The Labute approximate surface area is 192 Å². The number of hydrogen-bond donors (Lipinski definition) is 0. The second-order valence-corrected chi connectivity index (χ2v) is 8.74. The normalized spacial score (nSPS) is 20.5. The average molecular weight is 462 g/mol. The van der Waals surface area contributed by atoms with Crippen LogP contribution >= 0.6 is 23.2 Å². The van der Waals surface area contributed by atoms with Gasteiger partial charge in [-0.15, -0.1) is 0 Å². The van der Waals surface area contributed by atoms with E-state index in [1.165, 1.54) is 4.90 Å². The molecule has 0 saturated carbocycles. The summed E-state index contributed by atoms with van der Waals surface area (Å²) in [5, 5.41) is 1.24. The van der Waals surface area contributed by atoms with Crippen LogP contribution in [0.25, 0.3) is 0 Å². The van der Waals surface area contributed by atoms with Gasteiger partial charge in [-0.3, -0.25) is 19.4 Å². The number of imide groups is 1. The summed E-state index contributed by atoms with van der Waals surface area (Å²) in [4.78, 5) is 31.3. The molecule has 1 atom stereocenters. The fourth-order valence-electron chi connectivity index (χ4n) is 4.02. The number of nitrogens with zero attached hydrogens (tertiary/aromatic N) is 3. The minimum Gasteiger partial charge on any atom is -0.492 e. The lowest BCUT2D eigenvalue weighted by Crippen LogP contribution is -2.53. The Morgan fingerprint density at radius 1 is 1.00 bits per heavy atom. The molecule has 2 aliphatic heterocycles. The van der Waals surface area contributed by atoms with E-state index in [2.05, 4.69) is 9.80 Å². The molecule has 2 aromatic rings. The van der Waals surface area contributed by atoms with Crippen molar-refractivity contribution >= 4 is 40.7 Å². The van der Waals surface area contributed by atoms with Gasteiger partial charge in [-0.25, -0.2) is 4.90 Å². The number of ether oxygens (including phenoxy) is 1. The van der Waals surface area contributed by atoms with E-state index in [0.29, 0.717) is 22.3 Å². The highest BCUT2D eigenvalue weighted by Gasteiger charge is 2.43. The minimum atomic E-state index is -0.403. The molecule has 2 aromatic carbocycles. The highest BCUT2D eigenvalue weighted by atomic mass is 35.5. The second-order valence-electron chi connectivity index (χ2n) is 7.90. The molecular formula is C23H25Cl2N3O3. The van der Waals surface area contributed by atoms with Crippen LogP contribution < -0.4 is 9.64 Å². The van der Waals surface area contributed by atoms with Crippen LogP contribution in [0.3, 0.4) is 0 Å². The van der Waals surface area contributed by atoms with Crippen molar-refractivity contribution in [3.8, 4) is 5.75 Å². The molecule has 6 nitrogen and oxygen atoms in total. The summed E-state index contributed by atoms with van der Waals surface area (Å²) in [6.07, 6.45) is 0.212. The molecule has 2 heterocycles. The molecule has 2 aliphatic rings. The third-order valence-electron chi connectivity index (χ3n) is 5.87. The second kappa shape index (κ2) is 9.57. The Hall–Kier alpha value is -2.12. The molecule has 0 aromatic heterocycles. The van der Waals surface area contributed by atoms with Crippen LogP contribution in [0.4, 0.5) is 5.69 Å². The summed E-state index contributed by atoms with van der Waals surface area (Å²) in [6, 6.07) is 12.2. The summed E-state index contributed by atoms with van der Waals surface area (Å²) in [5.41, 5.74) is 1.46. The van der Waals surface area contributed by atoms with Crippen LogP contribution in [0.1, 0.15) is 12.0 Å². The Morgan fingerprint density at radius 3 is 2.39 bits per heavy atom. The molecule has 4 rings (SSSR count). The van der Waals surface area contributed by atoms with E-state index in [4.69, 9.17) is 27.9 Å². The first-order chi connectivity index (χ1) is 14.9. The first-order valence-electron chi connectivity index (χ1n) is 10.4. The molecule has 8 heteroatoms. The van der Waals surface area contributed by atoms with Crippen molar-refractivity contribution < 1.29 is 14.3 Å². The van der Waals surface area contributed by atoms with E-state index >= 15 is 0 Å². The van der Waals surface area contributed by atoms with Crippen LogP contribution in [-0.2, 0) is 9.59 Å². The van der Waals surface area contributed by atoms with Crippen molar-refractivity contribution in [3.05, 3.63) is 58.1 Å². The molecule has 31 heavy (non-hydrogen) atoms. The van der Waals surface area contributed by atoms with Crippen molar-refractivity contribution in [2.45, 2.75) is 19.4 Å². The van der Waals surface area contributed by atoms with E-state index in [-0.39, 0.29) is 18.2 Å². The first kappa shape index (κ1) is 22.1. The van der Waals surface area contributed by atoms with Gasteiger partial charge in [0.15, 0.2) is 0 Å². The van der Waals surface area contributed by atoms with Crippen molar-refractivity contribution in [1.29, 1.82) is 0 Å². The van der Waals surface area contributed by atoms with Crippen LogP contribution in [-0.4, -0.2) is 67.0 Å². The van der Waals surface area contributed by atoms with E-state index in [0.717, 1.165) is 44.0 Å². The zero-order chi connectivity index (χ0) is 22.0. The smallest absolute Gasteiger partial charge is 0.251 e. The number of amides is 2. The van der Waals surface area contributed by atoms with Gasteiger partial charge in [0.25, 0.3) is 5.91 Å². The zero-order valence-corrected chi connectivity index (χ0v) is 18.9. The number of halogens is 2. The van der Waals surface area contributed by atoms with Gasteiger partial charge in [0, 0.05) is 42.8 Å². The summed E-state index contributed by atoms with van der Waals surface area (Å²) in [6.45, 7) is 6.44. The molecule has 2 amide bonds. The topological polar surface area (TPSA) is 53.1 Å². The first-order valence-corrected chi connectivity index (χ1v) is 11.2. The Kier molecular flexibility index (Phi) is 6.82. The predicted molar refractivity (Wildman–Crippen MR) is 122 cm³/mol. The SMILES string of the molecule is Cc1ccc(N2C(=O)C[C@@H](N3CCN(CCOc4ccc(Cl)cc4)CC3)C2=O)cc1Cl. The molecule has 0 spiro atoms. The maximum absolute atomic E-state index is 13.0. The summed E-state index contributed by atoms with van der Waals surface area (Å²) >= 11 is 12.1. The minimum absolute atomic E-state index is 0.163. The van der Waals surface area contributed by atoms with Gasteiger partial charge in [-0.2, -0.15) is 0 Å². The monoisotopic (exact) mass is 461 g/mol. The molecule has 164 valence electrons. The van der Waals surface area contributed by atoms with Gasteiger partial charge >= 0.3 is 0 Å². The molecule has 2 fully saturated rings. The van der Waals surface area contributed by atoms with E-state index in [1.54, 1.807) is 12.1 Å². The lowest BCUT2D eigenvalue weighted by Gasteiger charge is -2.36. The van der Waals surface area contributed by atoms with Crippen LogP contribution in [0, 0.1) is 6.92 Å². The molecule has 0 radical (unpaired) electrons. The third-order valence-corrected chi connectivity index (χ3v) is 6.53. The maximum atomic E-state index is 13.0. The van der Waals surface area contributed by atoms with Crippen molar-refractivity contribution in [3.63, 3.8) is 0 Å². The van der Waals surface area contributed by atoms with E-state index in [1.807, 2.05) is 37.3 Å². The van der Waals surface area contributed by atoms with Crippen LogP contribution in [0.2, 0.25) is 10.0 Å². The number of benzene rings is 2. The summed E-state index contributed by atoms with van der Waals surface area (Å²) < 4.78 is 5.77. The highest BCUT2D eigenvalue weighted by Crippen LogP contribution is 2.29. The molecule has 0 aliphatic carbocycles. The Bertz CT molecular complexity index is 959. The van der Waals surface area contributed by atoms with Gasteiger partial charge in [0.2, 0.25) is 5.91 Å². The summed E-state index contributed by atoms with van der Waals surface area (Å²) in [7, 11) is 0. The number of hydrogen-bond acceptors (Lipinski definition) is 5. The molecule has 0 unspecified atom stereocenters. The van der Waals surface area contributed by atoms with Gasteiger partial charge in [0.1, 0.15) is 12.4 Å². The highest BCUT2D eigenvalue weighted by molar-refractivity contribution is 6.32. The average Bonchev–Trinajstić information content (AvgIpc) is 3.06. The fraction of sp³-hybridized carbons (Fsp3) is 0.391. The van der Waals surface area contributed by atoms with Gasteiger partial charge in [-0.05, 0) is 48.9 Å². The van der Waals surface area contributed by atoms with Crippen LogP contribution in [0.5, 0.6) is 5.75 Å². The number of rotatable bonds is 6. The third kappa shape index (κ3) is 5.04. The van der Waals surface area contributed by atoms with Crippen molar-refractivity contribution in [1.82, 2.24) is 9.80 Å². The molecule has 2 saturated heterocycles. The van der Waals surface area contributed by atoms with E-state index in [9.17, 15) is 9.59 Å². The summed E-state index contributed by atoms with van der Waals surface area (Å²) in [5.74, 6) is 0.465. The molecule has 0 bridgehead atoms. The molecule has 0 N–H and O–H groups in total. The lowest BCUT2D eigenvalue weighted by atomic mass is 10.1. The largest absolute Gasteiger partial charge is 0.492 e. The quantitative estimate of drug-likeness (QED) is 0.614. The molecular weight excluding hydrogens is 437 g/mol. The van der Waals surface area contributed by atoms with Gasteiger partial charge in [0.05, 0.1) is 18.2 Å². The Balaban J connectivity index is 1.28. The number of carbonyl (C=O) groups is 2. The number of aryl methyl sites for hydroxylation is 1. The number of piperazine rings is 1. The predicted octanol–water partition coefficient (Wildman–Crippen LogP) is 3.63. The number of carbonyl (C=O) groups excluding carboxylic acids is 2. The number of anilines is 1. The zero-order valence-electron chi connectivity index (χ0n) is 17.4. The fourth-order valence-corrected chi connectivity index (χ4v) is 4.32. The van der Waals surface area contributed by atoms with Crippen molar-refractivity contribution in [2.24, 2.45) is 0 Å². The Morgan fingerprint density at radius 2 is 1.71 bits per heavy atom. The van der Waals surface area contributed by atoms with Gasteiger partial charge in [-0.1, -0.05) is 29.3 Å². The lowest BCUT2D eigenvalue weighted by molar-refractivity contribution is -0.123. The van der Waals surface area contributed by atoms with Crippen LogP contribution in [0.15, 0.2) is 42.5 Å². The van der Waals surface area contributed by atoms with Gasteiger partial charge < -0.3 is 4.74 Å². The standard InChI is InChI=1S/C23H25Cl2N3O3/c1-16-2-5-18(14-20(16)25)28-22(29)15-21(23(28)30)27-10-8-26(9-11-27)12-13-31-19-6-3-17(24)4-7-19/h2-7,14,21H,8-13,15H2,1H3/t21-/m1/s1.